The van der Waals surface area contributed by atoms with E-state index in [0.29, 0.717) is 6.42 Å². The Balaban J connectivity index is 1.61. The number of aryl methyl sites for hydroxylation is 2. The van der Waals surface area contributed by atoms with Gasteiger partial charge in [-0.2, -0.15) is 5.10 Å². The summed E-state index contributed by atoms with van der Waals surface area (Å²) in [6, 6.07) is 3.86. The Bertz CT molecular complexity index is 894. The first-order valence-corrected chi connectivity index (χ1v) is 8.65. The van der Waals surface area contributed by atoms with Crippen molar-refractivity contribution >= 4 is 11.6 Å². The number of fused-ring (bicyclic) bond motifs is 1. The molecule has 1 amide bonds. The standard InChI is InChI=1S/C18H21N5O2/c1-12-14(13(2)25-21-12)11-18(24)22-9-4-3-5-16(22)15-7-10-23-17(20-15)6-8-19-23/h6-8,10,16H,3-5,9,11H2,1-2H3/t16-/m0/s1. The molecular weight excluding hydrogens is 318 g/mol. The quantitative estimate of drug-likeness (QED) is 0.733. The van der Waals surface area contributed by atoms with Crippen LogP contribution in [0.2, 0.25) is 0 Å². The minimum atomic E-state index is 0.0154. The molecule has 4 heterocycles. The molecule has 0 unspecified atom stereocenters. The summed E-state index contributed by atoms with van der Waals surface area (Å²) in [5.74, 6) is 0.826. The first kappa shape index (κ1) is 15.8. The van der Waals surface area contributed by atoms with Crippen LogP contribution in [0.4, 0.5) is 0 Å². The molecule has 1 aliphatic heterocycles. The van der Waals surface area contributed by atoms with Gasteiger partial charge in [0, 0.05) is 24.4 Å². The molecule has 1 atom stereocenters. The van der Waals surface area contributed by atoms with Crippen LogP contribution in [0.3, 0.4) is 0 Å². The van der Waals surface area contributed by atoms with Crippen molar-refractivity contribution in [1.29, 1.82) is 0 Å². The van der Waals surface area contributed by atoms with Crippen LogP contribution in [0.1, 0.15) is 48.0 Å². The van der Waals surface area contributed by atoms with E-state index < -0.39 is 0 Å². The zero-order chi connectivity index (χ0) is 17.4. The Hall–Kier alpha value is -2.70. The van der Waals surface area contributed by atoms with Gasteiger partial charge in [0.25, 0.3) is 0 Å². The second kappa shape index (κ2) is 6.31. The largest absolute Gasteiger partial charge is 0.361 e. The van der Waals surface area contributed by atoms with E-state index in [9.17, 15) is 4.79 Å². The number of amides is 1. The zero-order valence-electron chi connectivity index (χ0n) is 14.5. The molecule has 0 N–H and O–H groups in total. The number of carbonyl (C=O) groups excluding carboxylic acids is 1. The molecule has 0 radical (unpaired) electrons. The maximum Gasteiger partial charge on any atom is 0.227 e. The number of piperidine rings is 1. The summed E-state index contributed by atoms with van der Waals surface area (Å²) >= 11 is 0. The summed E-state index contributed by atoms with van der Waals surface area (Å²) in [5, 5.41) is 8.14. The van der Waals surface area contributed by atoms with Gasteiger partial charge in [-0.1, -0.05) is 5.16 Å². The summed E-state index contributed by atoms with van der Waals surface area (Å²) in [6.45, 7) is 4.49. The van der Waals surface area contributed by atoms with Crippen LogP contribution in [0.5, 0.6) is 0 Å². The molecule has 0 aromatic carbocycles. The van der Waals surface area contributed by atoms with E-state index in [1.807, 2.05) is 37.1 Å². The number of aromatic nitrogens is 4. The van der Waals surface area contributed by atoms with Crippen molar-refractivity contribution in [2.45, 2.75) is 45.6 Å². The van der Waals surface area contributed by atoms with Gasteiger partial charge in [-0.25, -0.2) is 9.50 Å². The number of nitrogens with zero attached hydrogens (tertiary/aromatic N) is 5. The molecule has 1 fully saturated rings. The average Bonchev–Trinajstić information content (AvgIpc) is 3.22. The van der Waals surface area contributed by atoms with E-state index >= 15 is 0 Å². The van der Waals surface area contributed by atoms with E-state index in [0.717, 1.165) is 54.2 Å². The molecule has 3 aromatic heterocycles. The Morgan fingerprint density at radius 3 is 3.00 bits per heavy atom. The van der Waals surface area contributed by atoms with Crippen LogP contribution in [-0.2, 0) is 11.2 Å². The Morgan fingerprint density at radius 2 is 2.20 bits per heavy atom. The highest BCUT2D eigenvalue weighted by Gasteiger charge is 2.30. The molecule has 0 spiro atoms. The fourth-order valence-electron chi connectivity index (χ4n) is 3.56. The maximum atomic E-state index is 13.0. The molecule has 130 valence electrons. The lowest BCUT2D eigenvalue weighted by atomic mass is 9.97. The van der Waals surface area contributed by atoms with Gasteiger partial charge in [0.2, 0.25) is 5.91 Å². The Kier molecular flexibility index (Phi) is 3.99. The Labute approximate surface area is 145 Å². The summed E-state index contributed by atoms with van der Waals surface area (Å²) in [6.07, 6.45) is 7.03. The Morgan fingerprint density at radius 1 is 1.32 bits per heavy atom. The third kappa shape index (κ3) is 2.90. The van der Waals surface area contributed by atoms with E-state index in [-0.39, 0.29) is 11.9 Å². The third-order valence-electron chi connectivity index (χ3n) is 4.95. The maximum absolute atomic E-state index is 13.0. The highest BCUT2D eigenvalue weighted by Crippen LogP contribution is 2.31. The molecule has 1 saturated heterocycles. The first-order valence-electron chi connectivity index (χ1n) is 8.65. The molecule has 0 aliphatic carbocycles. The van der Waals surface area contributed by atoms with Gasteiger partial charge in [0.05, 0.1) is 30.0 Å². The summed E-state index contributed by atoms with van der Waals surface area (Å²) in [7, 11) is 0. The minimum Gasteiger partial charge on any atom is -0.361 e. The van der Waals surface area contributed by atoms with E-state index in [1.54, 1.807) is 10.7 Å². The second-order valence-electron chi connectivity index (χ2n) is 6.56. The highest BCUT2D eigenvalue weighted by molar-refractivity contribution is 5.79. The van der Waals surface area contributed by atoms with Crippen LogP contribution in [0.25, 0.3) is 5.65 Å². The van der Waals surface area contributed by atoms with Gasteiger partial charge in [-0.15, -0.1) is 0 Å². The van der Waals surface area contributed by atoms with E-state index in [2.05, 4.69) is 10.3 Å². The van der Waals surface area contributed by atoms with Crippen molar-refractivity contribution in [2.24, 2.45) is 0 Å². The van der Waals surface area contributed by atoms with Gasteiger partial charge < -0.3 is 9.42 Å². The summed E-state index contributed by atoms with van der Waals surface area (Å²) < 4.78 is 6.93. The number of carbonyl (C=O) groups is 1. The van der Waals surface area contributed by atoms with Gasteiger partial charge in [0.1, 0.15) is 5.76 Å². The molecule has 25 heavy (non-hydrogen) atoms. The van der Waals surface area contributed by atoms with Crippen molar-refractivity contribution in [3.05, 3.63) is 47.2 Å². The fraction of sp³-hybridized carbons (Fsp3) is 0.444. The summed E-state index contributed by atoms with van der Waals surface area (Å²) in [4.78, 5) is 19.6. The van der Waals surface area contributed by atoms with Crippen molar-refractivity contribution in [3.8, 4) is 0 Å². The van der Waals surface area contributed by atoms with Crippen molar-refractivity contribution in [2.75, 3.05) is 6.54 Å². The summed E-state index contributed by atoms with van der Waals surface area (Å²) in [5.41, 5.74) is 3.42. The van der Waals surface area contributed by atoms with E-state index in [4.69, 9.17) is 9.51 Å². The smallest absolute Gasteiger partial charge is 0.227 e. The zero-order valence-corrected chi connectivity index (χ0v) is 14.5. The molecule has 3 aromatic rings. The lowest BCUT2D eigenvalue weighted by molar-refractivity contribution is -0.134. The molecule has 4 rings (SSSR count). The molecular formula is C18H21N5O2. The molecule has 7 nitrogen and oxygen atoms in total. The number of rotatable bonds is 3. The monoisotopic (exact) mass is 339 g/mol. The van der Waals surface area contributed by atoms with Gasteiger partial charge in [0.15, 0.2) is 5.65 Å². The lowest BCUT2D eigenvalue weighted by Gasteiger charge is -2.35. The molecule has 7 heteroatoms. The lowest BCUT2D eigenvalue weighted by Crippen LogP contribution is -2.39. The molecule has 0 saturated carbocycles. The molecule has 0 bridgehead atoms. The number of likely N-dealkylation sites (tertiary alicyclic amines) is 1. The second-order valence-corrected chi connectivity index (χ2v) is 6.56. The number of hydrogen-bond donors (Lipinski definition) is 0. The van der Waals surface area contributed by atoms with Crippen molar-refractivity contribution in [3.63, 3.8) is 0 Å². The van der Waals surface area contributed by atoms with Crippen molar-refractivity contribution < 1.29 is 9.32 Å². The predicted molar refractivity (Wildman–Crippen MR) is 91.0 cm³/mol. The first-order chi connectivity index (χ1) is 12.1. The normalized spacial score (nSPS) is 18.0. The highest BCUT2D eigenvalue weighted by atomic mass is 16.5. The van der Waals surface area contributed by atoms with Crippen LogP contribution < -0.4 is 0 Å². The van der Waals surface area contributed by atoms with Crippen LogP contribution in [0, 0.1) is 13.8 Å². The number of hydrogen-bond acceptors (Lipinski definition) is 5. The van der Waals surface area contributed by atoms with Gasteiger partial charge in [-0.3, -0.25) is 4.79 Å². The van der Waals surface area contributed by atoms with Crippen molar-refractivity contribution in [1.82, 2.24) is 24.7 Å². The van der Waals surface area contributed by atoms with Crippen LogP contribution in [0.15, 0.2) is 29.0 Å². The topological polar surface area (TPSA) is 76.5 Å². The van der Waals surface area contributed by atoms with Gasteiger partial charge in [-0.05, 0) is 39.2 Å². The molecule has 1 aliphatic rings. The third-order valence-corrected chi connectivity index (χ3v) is 4.95. The fourth-order valence-corrected chi connectivity index (χ4v) is 3.56. The average molecular weight is 339 g/mol. The van der Waals surface area contributed by atoms with Gasteiger partial charge >= 0.3 is 0 Å². The minimum absolute atomic E-state index is 0.0154. The van der Waals surface area contributed by atoms with Crippen LogP contribution >= 0.6 is 0 Å². The SMILES string of the molecule is Cc1noc(C)c1CC(=O)N1CCCC[C@H]1c1ccn2nccc2n1. The van der Waals surface area contributed by atoms with E-state index in [1.165, 1.54) is 0 Å². The predicted octanol–water partition coefficient (Wildman–Crippen LogP) is 2.63. The van der Waals surface area contributed by atoms with Crippen LogP contribution in [-0.4, -0.2) is 37.1 Å².